The van der Waals surface area contributed by atoms with E-state index in [0.29, 0.717) is 23.1 Å². The Balaban J connectivity index is 1.56. The number of likely N-dealkylation sites (tertiary alicyclic amines) is 1. The van der Waals surface area contributed by atoms with Crippen LogP contribution in [0, 0.1) is 16.7 Å². The fourth-order valence-corrected chi connectivity index (χ4v) is 7.62. The second-order valence-corrected chi connectivity index (χ2v) is 12.6. The molecule has 1 spiro atoms. The average Bonchev–Trinajstić information content (AvgIpc) is 3.23. The lowest BCUT2D eigenvalue weighted by atomic mass is 9.74. The molecule has 0 aliphatic carbocycles. The van der Waals surface area contributed by atoms with Crippen molar-refractivity contribution in [1.29, 1.82) is 5.26 Å². The molecule has 14 heteroatoms. The Labute approximate surface area is 254 Å². The monoisotopic (exact) mass is 618 g/mol. The molecule has 0 unspecified atom stereocenters. The summed E-state index contributed by atoms with van der Waals surface area (Å²) >= 11 is 0. The number of ether oxygens (including phenoxy) is 3. The van der Waals surface area contributed by atoms with Crippen molar-refractivity contribution in [3.8, 4) is 23.4 Å². The molecule has 228 valence electrons. The zero-order chi connectivity index (χ0) is 31.3. The molecule has 1 aromatic heterocycles. The Hall–Kier alpha value is -4.87. The van der Waals surface area contributed by atoms with Crippen LogP contribution in [-0.2, 0) is 20.4 Å². The number of anilines is 1. The van der Waals surface area contributed by atoms with Gasteiger partial charge in [-0.3, -0.25) is 4.79 Å². The highest BCUT2D eigenvalue weighted by Crippen LogP contribution is 2.50. The zero-order valence-corrected chi connectivity index (χ0v) is 25.1. The van der Waals surface area contributed by atoms with Gasteiger partial charge in [-0.05, 0) is 49.4 Å². The minimum Gasteiger partial charge on any atom is -0.497 e. The Kier molecular flexibility index (Phi) is 7.10. The summed E-state index contributed by atoms with van der Waals surface area (Å²) in [5.41, 5.74) is -1.81. The van der Waals surface area contributed by atoms with Gasteiger partial charge in [-0.15, -0.1) is 0 Å². The number of hydrogen-bond acceptors (Lipinski definition) is 10. The Morgan fingerprint density at radius 2 is 1.89 bits per heavy atom. The molecule has 3 amide bonds. The van der Waals surface area contributed by atoms with E-state index in [1.54, 1.807) is 24.0 Å². The number of pyridine rings is 1. The first-order valence-electron chi connectivity index (χ1n) is 13.9. The second-order valence-electron chi connectivity index (χ2n) is 10.9. The van der Waals surface area contributed by atoms with Crippen molar-refractivity contribution < 1.29 is 32.2 Å². The molecule has 1 atom stereocenters. The predicted molar refractivity (Wildman–Crippen MR) is 157 cm³/mol. The van der Waals surface area contributed by atoms with Crippen molar-refractivity contribution in [2.24, 2.45) is 5.41 Å². The van der Waals surface area contributed by atoms with Crippen LogP contribution >= 0.6 is 0 Å². The van der Waals surface area contributed by atoms with Gasteiger partial charge in [-0.2, -0.15) is 9.57 Å². The molecule has 3 aliphatic rings. The number of rotatable bonds is 8. The summed E-state index contributed by atoms with van der Waals surface area (Å²) < 4.78 is 45.9. The fraction of sp³-hybridized carbons (Fsp3) is 0.333. The maximum Gasteiger partial charge on any atom is 0.318 e. The molecule has 3 aliphatic heterocycles. The van der Waals surface area contributed by atoms with Crippen molar-refractivity contribution >= 4 is 27.6 Å². The number of hydrogen-bond donors (Lipinski definition) is 2. The molecule has 0 bridgehead atoms. The van der Waals surface area contributed by atoms with Crippen molar-refractivity contribution in [1.82, 2.24) is 20.5 Å². The van der Waals surface area contributed by atoms with E-state index in [-0.39, 0.29) is 50.9 Å². The van der Waals surface area contributed by atoms with Crippen molar-refractivity contribution in [2.75, 3.05) is 51.3 Å². The topological polar surface area (TPSA) is 163 Å². The number of amides is 3. The number of benzene rings is 2. The summed E-state index contributed by atoms with van der Waals surface area (Å²) in [6.07, 6.45) is 1.47. The highest BCUT2D eigenvalue weighted by molar-refractivity contribution is 7.93. The number of nitriles is 1. The minimum absolute atomic E-state index is 0.0127. The SMILES string of the molecule is CCOc1ncccc1[C@]1(NC(=O)N2CC3(CNC3)C2)C(=O)N(S(=O)(=O)c2ccc(OC)cc2OC)c2ccc(C#N)cc21. The van der Waals surface area contributed by atoms with Gasteiger partial charge in [0.15, 0.2) is 5.54 Å². The summed E-state index contributed by atoms with van der Waals surface area (Å²) in [7, 11) is -1.93. The molecule has 0 radical (unpaired) electrons. The van der Waals surface area contributed by atoms with E-state index in [1.807, 2.05) is 0 Å². The van der Waals surface area contributed by atoms with Crippen molar-refractivity contribution in [3.63, 3.8) is 0 Å². The van der Waals surface area contributed by atoms with Gasteiger partial charge in [-0.1, -0.05) is 0 Å². The lowest BCUT2D eigenvalue weighted by Crippen LogP contribution is -2.73. The molecule has 2 fully saturated rings. The lowest BCUT2D eigenvalue weighted by molar-refractivity contribution is -0.121. The third kappa shape index (κ3) is 4.30. The Morgan fingerprint density at radius 1 is 1.11 bits per heavy atom. The number of methoxy groups -OCH3 is 2. The van der Waals surface area contributed by atoms with E-state index in [1.165, 1.54) is 56.8 Å². The van der Waals surface area contributed by atoms with Crippen molar-refractivity contribution in [2.45, 2.75) is 17.4 Å². The van der Waals surface area contributed by atoms with Crippen molar-refractivity contribution in [3.05, 3.63) is 71.4 Å². The number of urea groups is 1. The summed E-state index contributed by atoms with van der Waals surface area (Å²) in [6, 6.07) is 12.9. The first-order chi connectivity index (χ1) is 21.1. The zero-order valence-electron chi connectivity index (χ0n) is 24.3. The highest BCUT2D eigenvalue weighted by Gasteiger charge is 2.60. The van der Waals surface area contributed by atoms with Crippen LogP contribution in [0.3, 0.4) is 0 Å². The standard InChI is InChI=1S/C30H30N6O7S/c1-4-43-26-21(6-5-11-33-26)30(34-28(38)35-17-29(18-35)15-32-16-29)22-12-19(14-31)7-9-23(22)36(27(30)37)44(39,40)25-10-8-20(41-2)13-24(25)42-3/h5-13,32H,4,15-18H2,1-3H3,(H,34,38)/t30-/m1/s1. The minimum atomic E-state index is -4.67. The Bertz CT molecular complexity index is 1810. The van der Waals surface area contributed by atoms with Gasteiger partial charge in [0, 0.05) is 49.4 Å². The summed E-state index contributed by atoms with van der Waals surface area (Å²) in [6.45, 7) is 4.42. The normalized spacial score (nSPS) is 19.8. The molecule has 2 aromatic carbocycles. The molecule has 6 rings (SSSR count). The first kappa shape index (κ1) is 29.2. The van der Waals surface area contributed by atoms with Gasteiger partial charge in [0.05, 0.1) is 43.7 Å². The van der Waals surface area contributed by atoms with E-state index < -0.39 is 27.5 Å². The van der Waals surface area contributed by atoms with Crippen LogP contribution < -0.4 is 29.1 Å². The third-order valence-corrected chi connectivity index (χ3v) is 9.97. The van der Waals surface area contributed by atoms with Crippen LogP contribution in [0.25, 0.3) is 0 Å². The van der Waals surface area contributed by atoms with E-state index >= 15 is 0 Å². The number of nitrogens with one attached hydrogen (secondary N) is 2. The van der Waals surface area contributed by atoms with Crippen LogP contribution in [0.4, 0.5) is 10.5 Å². The largest absolute Gasteiger partial charge is 0.497 e. The van der Waals surface area contributed by atoms with Crippen LogP contribution in [0.15, 0.2) is 59.6 Å². The van der Waals surface area contributed by atoms with E-state index in [0.717, 1.165) is 13.1 Å². The maximum atomic E-state index is 14.9. The number of sulfonamides is 1. The number of nitrogens with zero attached hydrogens (tertiary/aromatic N) is 4. The van der Waals surface area contributed by atoms with Gasteiger partial charge < -0.3 is 29.7 Å². The molecule has 3 aromatic rings. The van der Waals surface area contributed by atoms with E-state index in [2.05, 4.69) is 21.7 Å². The van der Waals surface area contributed by atoms with Gasteiger partial charge in [0.2, 0.25) is 5.88 Å². The lowest BCUT2D eigenvalue weighted by Gasteiger charge is -2.56. The third-order valence-electron chi connectivity index (χ3n) is 8.23. The van der Waals surface area contributed by atoms with Gasteiger partial charge in [0.25, 0.3) is 15.9 Å². The molecule has 0 saturated carbocycles. The number of fused-ring (bicyclic) bond motifs is 1. The van der Waals surface area contributed by atoms with E-state index in [4.69, 9.17) is 14.2 Å². The van der Waals surface area contributed by atoms with Crippen LogP contribution in [0.1, 0.15) is 23.6 Å². The molecule has 44 heavy (non-hydrogen) atoms. The van der Waals surface area contributed by atoms with Gasteiger partial charge in [0.1, 0.15) is 16.4 Å². The fourth-order valence-electron chi connectivity index (χ4n) is 6.01. The molecule has 13 nitrogen and oxygen atoms in total. The van der Waals surface area contributed by atoms with Crippen LogP contribution in [0.2, 0.25) is 0 Å². The van der Waals surface area contributed by atoms with Crippen LogP contribution in [-0.4, -0.2) is 77.2 Å². The van der Waals surface area contributed by atoms with Gasteiger partial charge in [-0.25, -0.2) is 18.2 Å². The first-order valence-corrected chi connectivity index (χ1v) is 15.3. The maximum absolute atomic E-state index is 14.9. The number of carbonyl (C=O) groups is 2. The molecule has 2 saturated heterocycles. The second kappa shape index (κ2) is 10.7. The number of aromatic nitrogens is 1. The average molecular weight is 619 g/mol. The van der Waals surface area contributed by atoms with Gasteiger partial charge >= 0.3 is 6.03 Å². The highest BCUT2D eigenvalue weighted by atomic mass is 32.2. The van der Waals surface area contributed by atoms with Crippen LogP contribution in [0.5, 0.6) is 17.4 Å². The quantitative estimate of drug-likeness (QED) is 0.382. The summed E-state index contributed by atoms with van der Waals surface area (Å²) in [4.78, 5) is 34.4. The molecule has 2 N–H and O–H groups in total. The molecular formula is C30H30N6O7S. The number of carbonyl (C=O) groups excluding carboxylic acids is 2. The summed E-state index contributed by atoms with van der Waals surface area (Å²) in [5, 5.41) is 15.9. The molecule has 4 heterocycles. The predicted octanol–water partition coefficient (Wildman–Crippen LogP) is 1.96. The smallest absolute Gasteiger partial charge is 0.318 e. The summed E-state index contributed by atoms with van der Waals surface area (Å²) in [5.74, 6) is -0.671. The molecular weight excluding hydrogens is 588 g/mol. The Morgan fingerprint density at radius 3 is 2.52 bits per heavy atom. The van der Waals surface area contributed by atoms with E-state index in [9.17, 15) is 23.3 Å².